The molecule has 2 aromatic rings. The number of carbonyl (C=O) groups excluding carboxylic acids is 2. The van der Waals surface area contributed by atoms with Crippen LogP contribution in [0.3, 0.4) is 0 Å². The van der Waals surface area contributed by atoms with E-state index in [-0.39, 0.29) is 11.8 Å². The molecular formula is C13H9BN2O2. The molecule has 0 unspecified atom stereocenters. The molecule has 0 bridgehead atoms. The number of nitrogens with zero attached hydrogens (tertiary/aromatic N) is 2. The lowest BCUT2D eigenvalue weighted by molar-refractivity contribution is 0.0925. The Hall–Kier alpha value is -2.43. The monoisotopic (exact) mass is 236 g/mol. The van der Waals surface area contributed by atoms with Crippen LogP contribution in [-0.4, -0.2) is 24.6 Å². The van der Waals surface area contributed by atoms with Gasteiger partial charge in [-0.15, -0.1) is 0 Å². The zero-order chi connectivity index (χ0) is 12.7. The van der Waals surface area contributed by atoms with Crippen LogP contribution in [0.1, 0.15) is 20.7 Å². The normalized spacial score (nSPS) is 13.9. The third kappa shape index (κ3) is 1.37. The molecule has 1 aliphatic heterocycles. The van der Waals surface area contributed by atoms with Crippen LogP contribution in [0, 0.1) is 0 Å². The van der Waals surface area contributed by atoms with Gasteiger partial charge >= 0.3 is 0 Å². The van der Waals surface area contributed by atoms with E-state index in [4.69, 9.17) is 0 Å². The summed E-state index contributed by atoms with van der Waals surface area (Å²) in [4.78, 5) is 29.7. The smallest absolute Gasteiger partial charge is 0.267 e. The summed E-state index contributed by atoms with van der Waals surface area (Å²) < 4.78 is 0. The van der Waals surface area contributed by atoms with Gasteiger partial charge in [0.05, 0.1) is 11.1 Å². The summed E-state index contributed by atoms with van der Waals surface area (Å²) in [6.07, 6.45) is 1.58. The van der Waals surface area contributed by atoms with Crippen molar-refractivity contribution in [3.05, 3.63) is 53.7 Å². The summed E-state index contributed by atoms with van der Waals surface area (Å²) in [7, 11) is 1.83. The van der Waals surface area contributed by atoms with Crippen molar-refractivity contribution in [2.45, 2.75) is 0 Å². The number of aromatic nitrogens is 1. The quantitative estimate of drug-likeness (QED) is 0.522. The zero-order valence-corrected chi connectivity index (χ0v) is 9.75. The van der Waals surface area contributed by atoms with E-state index < -0.39 is 0 Å². The highest BCUT2D eigenvalue weighted by atomic mass is 16.2. The lowest BCUT2D eigenvalue weighted by Gasteiger charge is -2.14. The molecule has 0 radical (unpaired) electrons. The molecule has 0 atom stereocenters. The highest BCUT2D eigenvalue weighted by molar-refractivity contribution is 6.41. The lowest BCUT2D eigenvalue weighted by Crippen LogP contribution is -2.34. The maximum Gasteiger partial charge on any atom is 0.267 e. The Balaban J connectivity index is 2.16. The maximum absolute atomic E-state index is 12.2. The molecular weight excluding hydrogens is 227 g/mol. The molecule has 0 N–H and O–H groups in total. The van der Waals surface area contributed by atoms with Crippen LogP contribution >= 0.6 is 0 Å². The van der Waals surface area contributed by atoms with Crippen LogP contribution in [0.2, 0.25) is 0 Å². The van der Waals surface area contributed by atoms with Gasteiger partial charge in [0.2, 0.25) is 0 Å². The molecule has 2 amide bonds. The first-order valence-electron chi connectivity index (χ1n) is 5.59. The summed E-state index contributed by atoms with van der Waals surface area (Å²) >= 11 is 0. The molecule has 2 heterocycles. The van der Waals surface area contributed by atoms with Gasteiger partial charge in [-0.05, 0) is 23.7 Å². The highest BCUT2D eigenvalue weighted by Gasteiger charge is 2.37. The lowest BCUT2D eigenvalue weighted by atomic mass is 9.97. The number of rotatable bonds is 1. The third-order valence-electron chi connectivity index (χ3n) is 2.99. The summed E-state index contributed by atoms with van der Waals surface area (Å²) in [5, 5.41) is 0. The fraction of sp³-hybridized carbons (Fsp3) is 0. The summed E-state index contributed by atoms with van der Waals surface area (Å²) in [6, 6.07) is 10.4. The van der Waals surface area contributed by atoms with Gasteiger partial charge in [0.15, 0.2) is 0 Å². The molecule has 0 saturated heterocycles. The molecule has 0 aliphatic carbocycles. The van der Waals surface area contributed by atoms with Crippen molar-refractivity contribution < 1.29 is 9.59 Å². The van der Waals surface area contributed by atoms with Gasteiger partial charge < -0.3 is 0 Å². The van der Waals surface area contributed by atoms with E-state index in [1.54, 1.807) is 36.5 Å². The number of carbonyl (C=O) groups is 2. The molecule has 4 nitrogen and oxygen atoms in total. The number of benzene rings is 1. The topological polar surface area (TPSA) is 50.3 Å². The number of imide groups is 1. The fourth-order valence-electron chi connectivity index (χ4n) is 2.09. The first-order valence-corrected chi connectivity index (χ1v) is 5.59. The molecule has 0 fully saturated rings. The molecule has 18 heavy (non-hydrogen) atoms. The summed E-state index contributed by atoms with van der Waals surface area (Å²) in [5.41, 5.74) is 1.67. The van der Waals surface area contributed by atoms with Gasteiger partial charge in [-0.2, -0.15) is 0 Å². The third-order valence-corrected chi connectivity index (χ3v) is 2.99. The number of anilines is 1. The summed E-state index contributed by atoms with van der Waals surface area (Å²) in [6.45, 7) is 0. The van der Waals surface area contributed by atoms with Crippen LogP contribution in [0.5, 0.6) is 0 Å². The Morgan fingerprint density at radius 1 is 0.944 bits per heavy atom. The van der Waals surface area contributed by atoms with E-state index in [9.17, 15) is 9.59 Å². The Morgan fingerprint density at radius 2 is 1.56 bits per heavy atom. The maximum atomic E-state index is 12.2. The number of hydrogen-bond donors (Lipinski definition) is 0. The molecule has 1 aromatic heterocycles. The van der Waals surface area contributed by atoms with E-state index >= 15 is 0 Å². The molecule has 86 valence electrons. The Kier molecular flexibility index (Phi) is 2.26. The predicted molar refractivity (Wildman–Crippen MR) is 70.0 cm³/mol. The molecule has 5 heteroatoms. The molecule has 3 rings (SSSR count). The van der Waals surface area contributed by atoms with Gasteiger partial charge in [-0.25, -0.2) is 9.88 Å². The molecule has 1 aromatic carbocycles. The van der Waals surface area contributed by atoms with Gasteiger partial charge in [-0.1, -0.05) is 18.2 Å². The first-order chi connectivity index (χ1) is 8.70. The minimum absolute atomic E-state index is 0.308. The van der Waals surface area contributed by atoms with Gasteiger partial charge in [-0.3, -0.25) is 9.59 Å². The van der Waals surface area contributed by atoms with Crippen LogP contribution in [0.25, 0.3) is 0 Å². The minimum Gasteiger partial charge on any atom is -0.268 e. The molecule has 1 aliphatic rings. The standard InChI is InChI=1S/C13H9BN2O2/c14-10-6-3-7-15-11(10)16-12(17)8-4-1-2-5-9(8)13(16)18/h1-7H,14H2. The number of fused-ring (bicyclic) bond motifs is 1. The molecule has 0 spiro atoms. The fourth-order valence-corrected chi connectivity index (χ4v) is 2.09. The number of hydrogen-bond acceptors (Lipinski definition) is 3. The van der Waals surface area contributed by atoms with Crippen LogP contribution < -0.4 is 10.4 Å². The summed E-state index contributed by atoms with van der Waals surface area (Å²) in [5.74, 6) is -0.210. The van der Waals surface area contributed by atoms with Crippen molar-refractivity contribution in [2.24, 2.45) is 0 Å². The van der Waals surface area contributed by atoms with Crippen LogP contribution in [-0.2, 0) is 0 Å². The Labute approximate surface area is 105 Å². The largest absolute Gasteiger partial charge is 0.268 e. The average Bonchev–Trinajstić information content (AvgIpc) is 2.64. The number of amides is 2. The average molecular weight is 236 g/mol. The van der Waals surface area contributed by atoms with Crippen LogP contribution in [0.15, 0.2) is 42.6 Å². The second-order valence-corrected chi connectivity index (χ2v) is 4.14. The second-order valence-electron chi connectivity index (χ2n) is 4.14. The number of pyridine rings is 1. The van der Waals surface area contributed by atoms with E-state index in [1.807, 2.05) is 13.9 Å². The van der Waals surface area contributed by atoms with Gasteiger partial charge in [0.25, 0.3) is 11.8 Å². The van der Waals surface area contributed by atoms with Crippen molar-refractivity contribution in [1.29, 1.82) is 0 Å². The van der Waals surface area contributed by atoms with Crippen molar-refractivity contribution in [3.63, 3.8) is 0 Å². The molecule has 0 saturated carbocycles. The Morgan fingerprint density at radius 3 is 2.11 bits per heavy atom. The second kappa shape index (κ2) is 3.80. The van der Waals surface area contributed by atoms with E-state index in [0.717, 1.165) is 10.4 Å². The first kappa shape index (κ1) is 10.7. The van der Waals surface area contributed by atoms with E-state index in [0.29, 0.717) is 16.9 Å². The van der Waals surface area contributed by atoms with E-state index in [2.05, 4.69) is 4.98 Å². The van der Waals surface area contributed by atoms with Gasteiger partial charge in [0.1, 0.15) is 13.7 Å². The van der Waals surface area contributed by atoms with Gasteiger partial charge in [0, 0.05) is 6.20 Å². The zero-order valence-electron chi connectivity index (χ0n) is 9.75. The van der Waals surface area contributed by atoms with Crippen LogP contribution in [0.4, 0.5) is 5.82 Å². The Bertz CT molecular complexity index is 635. The van der Waals surface area contributed by atoms with Crippen molar-refractivity contribution in [3.8, 4) is 0 Å². The SMILES string of the molecule is Bc1cccnc1N1C(=O)c2ccccc2C1=O. The van der Waals surface area contributed by atoms with Crippen molar-refractivity contribution >= 4 is 30.9 Å². The predicted octanol–water partition coefficient (Wildman–Crippen LogP) is 0.141. The van der Waals surface area contributed by atoms with E-state index in [1.165, 1.54) is 0 Å². The van der Waals surface area contributed by atoms with Crippen molar-refractivity contribution in [1.82, 2.24) is 4.98 Å². The highest BCUT2D eigenvalue weighted by Crippen LogP contribution is 2.25. The minimum atomic E-state index is -0.308. The van der Waals surface area contributed by atoms with Crippen molar-refractivity contribution in [2.75, 3.05) is 4.90 Å².